The summed E-state index contributed by atoms with van der Waals surface area (Å²) in [6.07, 6.45) is 3.48. The molecule has 0 saturated heterocycles. The molecule has 0 fully saturated rings. The number of alkyl halides is 1. The van der Waals surface area contributed by atoms with Crippen LogP contribution in [0.2, 0.25) is 5.02 Å². The summed E-state index contributed by atoms with van der Waals surface area (Å²) in [5.41, 5.74) is 3.57. The van der Waals surface area contributed by atoms with Crippen molar-refractivity contribution in [3.05, 3.63) is 40.4 Å². The minimum Gasteiger partial charge on any atom is -0.262 e. The van der Waals surface area contributed by atoms with Crippen LogP contribution in [0.25, 0.3) is 5.69 Å². The number of aromatic nitrogens is 3. The van der Waals surface area contributed by atoms with Gasteiger partial charge in [-0.25, -0.2) is 4.68 Å². The zero-order valence-electron chi connectivity index (χ0n) is 9.04. The van der Waals surface area contributed by atoms with Gasteiger partial charge in [-0.15, -0.1) is 11.6 Å². The van der Waals surface area contributed by atoms with E-state index in [0.717, 1.165) is 22.6 Å². The van der Waals surface area contributed by atoms with Gasteiger partial charge in [-0.3, -0.25) is 4.98 Å². The maximum atomic E-state index is 6.09. The van der Waals surface area contributed by atoms with E-state index in [1.54, 1.807) is 17.1 Å². The van der Waals surface area contributed by atoms with Crippen LogP contribution in [0.15, 0.2) is 18.5 Å². The summed E-state index contributed by atoms with van der Waals surface area (Å²) < 4.78 is 1.78. The van der Waals surface area contributed by atoms with Crippen molar-refractivity contribution in [1.82, 2.24) is 14.8 Å². The van der Waals surface area contributed by atoms with Crippen molar-refractivity contribution in [2.24, 2.45) is 0 Å². The third-order valence-electron chi connectivity index (χ3n) is 2.38. The number of aryl methyl sites for hydroxylation is 1. The molecule has 0 amide bonds. The Hall–Kier alpha value is -1.06. The van der Waals surface area contributed by atoms with Crippen molar-refractivity contribution in [2.45, 2.75) is 19.7 Å². The van der Waals surface area contributed by atoms with Crippen molar-refractivity contribution in [2.75, 3.05) is 0 Å². The van der Waals surface area contributed by atoms with E-state index in [2.05, 4.69) is 10.1 Å². The minimum atomic E-state index is 0.438. The predicted octanol–water partition coefficient (Wildman–Crippen LogP) is 3.28. The van der Waals surface area contributed by atoms with Crippen LogP contribution >= 0.6 is 23.2 Å². The molecule has 0 unspecified atom stereocenters. The predicted molar refractivity (Wildman–Crippen MR) is 65.4 cm³/mol. The molecule has 0 saturated carbocycles. The molecule has 0 radical (unpaired) electrons. The van der Waals surface area contributed by atoms with Gasteiger partial charge in [-0.05, 0) is 25.5 Å². The van der Waals surface area contributed by atoms with Crippen LogP contribution in [0, 0.1) is 13.8 Å². The number of pyridine rings is 1. The minimum absolute atomic E-state index is 0.438. The molecule has 5 heteroatoms. The van der Waals surface area contributed by atoms with Crippen LogP contribution in [0.1, 0.15) is 17.0 Å². The summed E-state index contributed by atoms with van der Waals surface area (Å²) in [6, 6.07) is 1.95. The first-order valence-corrected chi connectivity index (χ1v) is 5.76. The maximum absolute atomic E-state index is 6.09. The second-order valence-corrected chi connectivity index (χ2v) is 4.23. The summed E-state index contributed by atoms with van der Waals surface area (Å²) in [7, 11) is 0. The van der Waals surface area contributed by atoms with E-state index in [4.69, 9.17) is 23.2 Å². The lowest BCUT2D eigenvalue weighted by molar-refractivity contribution is 0.827. The average molecular weight is 256 g/mol. The Kier molecular flexibility index (Phi) is 3.17. The highest BCUT2D eigenvalue weighted by atomic mass is 35.5. The number of halogens is 2. The largest absolute Gasteiger partial charge is 0.262 e. The smallest absolute Gasteiger partial charge is 0.0848 e. The van der Waals surface area contributed by atoms with E-state index in [1.165, 1.54) is 0 Å². The fourth-order valence-corrected chi connectivity index (χ4v) is 1.80. The van der Waals surface area contributed by atoms with Gasteiger partial charge in [0.1, 0.15) is 0 Å². The summed E-state index contributed by atoms with van der Waals surface area (Å²) in [6.45, 7) is 3.81. The molecule has 0 N–H and O–H groups in total. The molecule has 0 spiro atoms. The molecule has 0 aliphatic heterocycles. The molecule has 0 aromatic carbocycles. The Morgan fingerprint density at radius 1 is 1.31 bits per heavy atom. The van der Waals surface area contributed by atoms with E-state index in [-0.39, 0.29) is 0 Å². The monoisotopic (exact) mass is 255 g/mol. The Morgan fingerprint density at radius 3 is 2.62 bits per heavy atom. The van der Waals surface area contributed by atoms with Crippen molar-refractivity contribution in [1.29, 1.82) is 0 Å². The van der Waals surface area contributed by atoms with Crippen molar-refractivity contribution in [3.8, 4) is 5.69 Å². The zero-order chi connectivity index (χ0) is 11.7. The first-order chi connectivity index (χ1) is 7.63. The lowest BCUT2D eigenvalue weighted by atomic mass is 10.3. The topological polar surface area (TPSA) is 30.7 Å². The van der Waals surface area contributed by atoms with Crippen LogP contribution in [-0.4, -0.2) is 14.8 Å². The normalized spacial score (nSPS) is 10.8. The van der Waals surface area contributed by atoms with Gasteiger partial charge in [-0.2, -0.15) is 5.10 Å². The zero-order valence-corrected chi connectivity index (χ0v) is 10.5. The van der Waals surface area contributed by atoms with Gasteiger partial charge < -0.3 is 0 Å². The highest BCUT2D eigenvalue weighted by molar-refractivity contribution is 6.31. The SMILES string of the molecule is Cc1nn(-c2cncc(CCl)c2)c(C)c1Cl. The summed E-state index contributed by atoms with van der Waals surface area (Å²) in [4.78, 5) is 4.12. The van der Waals surface area contributed by atoms with Gasteiger partial charge in [0.25, 0.3) is 0 Å². The molecule has 2 rings (SSSR count). The lowest BCUT2D eigenvalue weighted by Crippen LogP contribution is -2.00. The van der Waals surface area contributed by atoms with E-state index >= 15 is 0 Å². The number of rotatable bonds is 2. The van der Waals surface area contributed by atoms with E-state index < -0.39 is 0 Å². The highest BCUT2D eigenvalue weighted by Crippen LogP contribution is 2.22. The second-order valence-electron chi connectivity index (χ2n) is 3.58. The first-order valence-electron chi connectivity index (χ1n) is 4.85. The fraction of sp³-hybridized carbons (Fsp3) is 0.273. The van der Waals surface area contributed by atoms with Gasteiger partial charge in [0.2, 0.25) is 0 Å². The summed E-state index contributed by atoms with van der Waals surface area (Å²) >= 11 is 11.9. The Morgan fingerprint density at radius 2 is 2.06 bits per heavy atom. The number of hydrogen-bond acceptors (Lipinski definition) is 2. The van der Waals surface area contributed by atoms with Gasteiger partial charge in [0.15, 0.2) is 0 Å². The Labute approximate surface area is 104 Å². The third-order valence-corrected chi connectivity index (χ3v) is 3.24. The van der Waals surface area contributed by atoms with Crippen molar-refractivity contribution in [3.63, 3.8) is 0 Å². The first kappa shape index (κ1) is 11.4. The van der Waals surface area contributed by atoms with Gasteiger partial charge in [-0.1, -0.05) is 11.6 Å². The molecule has 0 aliphatic carbocycles. The van der Waals surface area contributed by atoms with Crippen LogP contribution in [-0.2, 0) is 5.88 Å². The Balaban J connectivity index is 2.54. The lowest BCUT2D eigenvalue weighted by Gasteiger charge is -2.04. The van der Waals surface area contributed by atoms with E-state index in [9.17, 15) is 0 Å². The maximum Gasteiger partial charge on any atom is 0.0848 e. The fourth-order valence-electron chi connectivity index (χ4n) is 1.54. The van der Waals surface area contributed by atoms with Gasteiger partial charge in [0.05, 0.1) is 28.3 Å². The molecule has 0 bridgehead atoms. The van der Waals surface area contributed by atoms with Gasteiger partial charge in [0, 0.05) is 12.1 Å². The molecular weight excluding hydrogens is 245 g/mol. The van der Waals surface area contributed by atoms with E-state index in [1.807, 2.05) is 19.9 Å². The van der Waals surface area contributed by atoms with Gasteiger partial charge >= 0.3 is 0 Å². The van der Waals surface area contributed by atoms with E-state index in [0.29, 0.717) is 10.9 Å². The standard InChI is InChI=1S/C11H11Cl2N3/c1-7-11(13)8(2)16(15-7)10-3-9(4-12)5-14-6-10/h3,5-6H,4H2,1-2H3. The molecule has 2 aromatic rings. The molecule has 0 atom stereocenters. The number of hydrogen-bond donors (Lipinski definition) is 0. The second kappa shape index (κ2) is 4.44. The summed E-state index contributed by atoms with van der Waals surface area (Å²) in [5.74, 6) is 0.438. The quantitative estimate of drug-likeness (QED) is 0.772. The van der Waals surface area contributed by atoms with Crippen molar-refractivity contribution >= 4 is 23.2 Å². The molecular formula is C11H11Cl2N3. The molecule has 3 nitrogen and oxygen atoms in total. The molecule has 84 valence electrons. The molecule has 0 aliphatic rings. The molecule has 2 heterocycles. The number of nitrogens with zero attached hydrogens (tertiary/aromatic N) is 3. The van der Waals surface area contributed by atoms with Crippen LogP contribution in [0.4, 0.5) is 0 Å². The average Bonchev–Trinajstić information content (AvgIpc) is 2.57. The van der Waals surface area contributed by atoms with Crippen LogP contribution < -0.4 is 0 Å². The van der Waals surface area contributed by atoms with Crippen LogP contribution in [0.3, 0.4) is 0 Å². The van der Waals surface area contributed by atoms with Crippen molar-refractivity contribution < 1.29 is 0 Å². The molecule has 2 aromatic heterocycles. The molecule has 16 heavy (non-hydrogen) atoms. The highest BCUT2D eigenvalue weighted by Gasteiger charge is 2.10. The summed E-state index contributed by atoms with van der Waals surface area (Å²) in [5, 5.41) is 5.05. The van der Waals surface area contributed by atoms with Crippen LogP contribution in [0.5, 0.6) is 0 Å². The third kappa shape index (κ3) is 1.93. The Bertz CT molecular complexity index is 520.